The summed E-state index contributed by atoms with van der Waals surface area (Å²) in [6.45, 7) is 6.71. The molecular weight excluding hydrogens is 150 g/mol. The fourth-order valence-corrected chi connectivity index (χ4v) is 1.09. The van der Waals surface area contributed by atoms with Crippen molar-refractivity contribution in [2.45, 2.75) is 20.8 Å². The smallest absolute Gasteiger partial charge is 0.142 e. The summed E-state index contributed by atoms with van der Waals surface area (Å²) in [7, 11) is 0. The third kappa shape index (κ3) is 1.70. The molecule has 0 amide bonds. The van der Waals surface area contributed by atoms with Crippen molar-refractivity contribution in [3.05, 3.63) is 23.3 Å². The lowest BCUT2D eigenvalue weighted by Crippen LogP contribution is -1.98. The maximum Gasteiger partial charge on any atom is 0.142 e. The standard InChI is InChI=1S/C10H15NO/c1-4-12-10-6-8(3)7(2)5-9(10)11/h5-6H,4,11H2,1-3H3. The molecule has 0 aromatic heterocycles. The van der Waals surface area contributed by atoms with Crippen LogP contribution in [0.25, 0.3) is 0 Å². The maximum absolute atomic E-state index is 5.75. The van der Waals surface area contributed by atoms with Gasteiger partial charge in [-0.2, -0.15) is 0 Å². The van der Waals surface area contributed by atoms with Crippen LogP contribution in [-0.2, 0) is 0 Å². The molecule has 0 saturated carbocycles. The molecule has 0 fully saturated rings. The van der Waals surface area contributed by atoms with Crippen LogP contribution in [0.4, 0.5) is 5.69 Å². The van der Waals surface area contributed by atoms with Crippen molar-refractivity contribution in [1.82, 2.24) is 0 Å². The molecule has 2 nitrogen and oxygen atoms in total. The molecule has 1 aromatic carbocycles. The lowest BCUT2D eigenvalue weighted by Gasteiger charge is -2.09. The fourth-order valence-electron chi connectivity index (χ4n) is 1.09. The summed E-state index contributed by atoms with van der Waals surface area (Å²) in [6, 6.07) is 3.93. The Hall–Kier alpha value is -1.18. The number of anilines is 1. The zero-order valence-electron chi connectivity index (χ0n) is 7.85. The number of hydrogen-bond donors (Lipinski definition) is 1. The minimum Gasteiger partial charge on any atom is -0.492 e. The van der Waals surface area contributed by atoms with Gasteiger partial charge in [0.2, 0.25) is 0 Å². The number of aryl methyl sites for hydroxylation is 2. The van der Waals surface area contributed by atoms with Gasteiger partial charge in [-0.05, 0) is 44.0 Å². The Morgan fingerprint density at radius 1 is 1.25 bits per heavy atom. The molecule has 12 heavy (non-hydrogen) atoms. The van der Waals surface area contributed by atoms with Crippen molar-refractivity contribution in [2.24, 2.45) is 0 Å². The third-order valence-corrected chi connectivity index (χ3v) is 1.93. The van der Waals surface area contributed by atoms with Gasteiger partial charge in [0, 0.05) is 0 Å². The van der Waals surface area contributed by atoms with Crippen molar-refractivity contribution in [2.75, 3.05) is 12.3 Å². The molecule has 0 atom stereocenters. The average molecular weight is 165 g/mol. The van der Waals surface area contributed by atoms with E-state index < -0.39 is 0 Å². The monoisotopic (exact) mass is 165 g/mol. The van der Waals surface area contributed by atoms with E-state index in [4.69, 9.17) is 10.5 Å². The first kappa shape index (κ1) is 8.91. The minimum absolute atomic E-state index is 0.659. The average Bonchev–Trinajstić information content (AvgIpc) is 2.01. The van der Waals surface area contributed by atoms with Crippen molar-refractivity contribution in [3.63, 3.8) is 0 Å². The van der Waals surface area contributed by atoms with Crippen molar-refractivity contribution in [1.29, 1.82) is 0 Å². The highest BCUT2D eigenvalue weighted by molar-refractivity contribution is 5.56. The predicted molar refractivity (Wildman–Crippen MR) is 51.5 cm³/mol. The van der Waals surface area contributed by atoms with Crippen LogP contribution in [0.1, 0.15) is 18.1 Å². The van der Waals surface area contributed by atoms with Gasteiger partial charge in [-0.3, -0.25) is 0 Å². The summed E-state index contributed by atoms with van der Waals surface area (Å²) in [6.07, 6.45) is 0. The van der Waals surface area contributed by atoms with Crippen LogP contribution in [0.5, 0.6) is 5.75 Å². The maximum atomic E-state index is 5.75. The zero-order chi connectivity index (χ0) is 9.14. The Bertz CT molecular complexity index is 281. The van der Waals surface area contributed by atoms with Crippen LogP contribution in [0.3, 0.4) is 0 Å². The molecule has 0 heterocycles. The molecule has 0 aliphatic carbocycles. The van der Waals surface area contributed by atoms with Crippen LogP contribution < -0.4 is 10.5 Å². The summed E-state index contributed by atoms with van der Waals surface area (Å²) in [5, 5.41) is 0. The first-order chi connectivity index (χ1) is 5.65. The van der Waals surface area contributed by atoms with Gasteiger partial charge in [0.15, 0.2) is 0 Å². The Balaban J connectivity index is 3.05. The number of nitrogen functional groups attached to an aromatic ring is 1. The van der Waals surface area contributed by atoms with Crippen molar-refractivity contribution in [3.8, 4) is 5.75 Å². The molecule has 0 aliphatic heterocycles. The first-order valence-electron chi connectivity index (χ1n) is 4.14. The highest BCUT2D eigenvalue weighted by Gasteiger charge is 2.01. The summed E-state index contributed by atoms with van der Waals surface area (Å²) >= 11 is 0. The van der Waals surface area contributed by atoms with Crippen LogP contribution in [0, 0.1) is 13.8 Å². The molecule has 0 radical (unpaired) electrons. The van der Waals surface area contributed by atoms with Crippen molar-refractivity contribution < 1.29 is 4.74 Å². The number of hydrogen-bond acceptors (Lipinski definition) is 2. The molecule has 0 spiro atoms. The Morgan fingerprint density at radius 2 is 1.83 bits per heavy atom. The molecule has 1 rings (SSSR count). The van der Waals surface area contributed by atoms with E-state index >= 15 is 0 Å². The van der Waals surface area contributed by atoms with Gasteiger partial charge in [0.05, 0.1) is 12.3 Å². The molecule has 0 unspecified atom stereocenters. The second-order valence-corrected chi connectivity index (χ2v) is 2.91. The molecule has 0 bridgehead atoms. The molecule has 0 saturated heterocycles. The lowest BCUT2D eigenvalue weighted by molar-refractivity contribution is 0.342. The normalized spacial score (nSPS) is 9.92. The highest BCUT2D eigenvalue weighted by atomic mass is 16.5. The molecule has 66 valence electrons. The van der Waals surface area contributed by atoms with E-state index in [1.165, 1.54) is 11.1 Å². The number of benzene rings is 1. The summed E-state index contributed by atoms with van der Waals surface area (Å²) < 4.78 is 5.35. The van der Waals surface area contributed by atoms with E-state index in [0.29, 0.717) is 6.61 Å². The van der Waals surface area contributed by atoms with Gasteiger partial charge >= 0.3 is 0 Å². The van der Waals surface area contributed by atoms with Gasteiger partial charge in [0.25, 0.3) is 0 Å². The van der Waals surface area contributed by atoms with Gasteiger partial charge in [0.1, 0.15) is 5.75 Å². The van der Waals surface area contributed by atoms with E-state index in [9.17, 15) is 0 Å². The minimum atomic E-state index is 0.659. The summed E-state index contributed by atoms with van der Waals surface area (Å²) in [5.41, 5.74) is 8.89. The van der Waals surface area contributed by atoms with E-state index in [1.807, 2.05) is 26.0 Å². The molecular formula is C10H15NO. The fraction of sp³-hybridized carbons (Fsp3) is 0.400. The lowest BCUT2D eigenvalue weighted by atomic mass is 10.1. The van der Waals surface area contributed by atoms with Crippen LogP contribution in [-0.4, -0.2) is 6.61 Å². The van der Waals surface area contributed by atoms with E-state index in [2.05, 4.69) is 6.92 Å². The first-order valence-corrected chi connectivity index (χ1v) is 4.14. The van der Waals surface area contributed by atoms with Crippen LogP contribution >= 0.6 is 0 Å². The zero-order valence-corrected chi connectivity index (χ0v) is 7.85. The van der Waals surface area contributed by atoms with Gasteiger partial charge < -0.3 is 10.5 Å². The van der Waals surface area contributed by atoms with E-state index in [-0.39, 0.29) is 0 Å². The SMILES string of the molecule is CCOc1cc(C)c(C)cc1N. The second kappa shape index (κ2) is 3.48. The Kier molecular flexibility index (Phi) is 2.58. The van der Waals surface area contributed by atoms with Crippen molar-refractivity contribution >= 4 is 5.69 Å². The molecule has 2 heteroatoms. The van der Waals surface area contributed by atoms with Gasteiger partial charge in [-0.15, -0.1) is 0 Å². The Labute approximate surface area is 73.3 Å². The molecule has 0 aliphatic rings. The summed E-state index contributed by atoms with van der Waals surface area (Å²) in [5.74, 6) is 0.792. The quantitative estimate of drug-likeness (QED) is 0.682. The summed E-state index contributed by atoms with van der Waals surface area (Å²) in [4.78, 5) is 0. The molecule has 2 N–H and O–H groups in total. The van der Waals surface area contributed by atoms with Gasteiger partial charge in [-0.1, -0.05) is 0 Å². The molecule has 1 aromatic rings. The highest BCUT2D eigenvalue weighted by Crippen LogP contribution is 2.24. The number of nitrogens with two attached hydrogens (primary N) is 1. The van der Waals surface area contributed by atoms with Crippen LogP contribution in [0.2, 0.25) is 0 Å². The third-order valence-electron chi connectivity index (χ3n) is 1.93. The van der Waals surface area contributed by atoms with Gasteiger partial charge in [-0.25, -0.2) is 0 Å². The Morgan fingerprint density at radius 3 is 2.42 bits per heavy atom. The van der Waals surface area contributed by atoms with E-state index in [0.717, 1.165) is 11.4 Å². The topological polar surface area (TPSA) is 35.2 Å². The van der Waals surface area contributed by atoms with Crippen LogP contribution in [0.15, 0.2) is 12.1 Å². The number of rotatable bonds is 2. The van der Waals surface area contributed by atoms with E-state index in [1.54, 1.807) is 0 Å². The second-order valence-electron chi connectivity index (χ2n) is 2.91. The number of ether oxygens (including phenoxy) is 1. The largest absolute Gasteiger partial charge is 0.492 e. The predicted octanol–water partition coefficient (Wildman–Crippen LogP) is 2.28.